The predicted molar refractivity (Wildman–Crippen MR) is 96.7 cm³/mol. The lowest BCUT2D eigenvalue weighted by atomic mass is 9.99. The van der Waals surface area contributed by atoms with Crippen molar-refractivity contribution in [2.75, 3.05) is 19.0 Å². The molecule has 0 aliphatic carbocycles. The van der Waals surface area contributed by atoms with Crippen LogP contribution in [0.1, 0.15) is 5.56 Å². The number of fused-ring (bicyclic) bond motifs is 1. The lowest BCUT2D eigenvalue weighted by Crippen LogP contribution is -2.38. The molecule has 1 aromatic carbocycles. The second-order valence-corrected chi connectivity index (χ2v) is 6.10. The van der Waals surface area contributed by atoms with Crippen molar-refractivity contribution in [3.63, 3.8) is 0 Å². The highest BCUT2D eigenvalue weighted by molar-refractivity contribution is 5.92. The van der Waals surface area contributed by atoms with E-state index in [4.69, 9.17) is 0 Å². The number of rotatable bonds is 2. The highest BCUT2D eigenvalue weighted by Crippen LogP contribution is 2.34. The molecule has 0 aliphatic heterocycles. The van der Waals surface area contributed by atoms with E-state index in [1.807, 2.05) is 56.3 Å². The van der Waals surface area contributed by atoms with Crippen molar-refractivity contribution in [1.29, 1.82) is 0 Å². The number of benzene rings is 1. The van der Waals surface area contributed by atoms with Gasteiger partial charge in [-0.1, -0.05) is 30.3 Å². The molecule has 0 saturated heterocycles. The van der Waals surface area contributed by atoms with E-state index in [1.165, 1.54) is 11.6 Å². The summed E-state index contributed by atoms with van der Waals surface area (Å²) in [4.78, 5) is 31.5. The SMILES string of the molecule is Cc1c(-c2ccccc2)c(N(C)C)nc2c1c(=O)n(C)c(=O)n2C. The Hall–Kier alpha value is -2.89. The van der Waals surface area contributed by atoms with E-state index in [-0.39, 0.29) is 11.2 Å². The van der Waals surface area contributed by atoms with Crippen LogP contribution in [0.5, 0.6) is 0 Å². The molecule has 124 valence electrons. The number of hydrogen-bond acceptors (Lipinski definition) is 4. The summed E-state index contributed by atoms with van der Waals surface area (Å²) in [6.45, 7) is 1.91. The van der Waals surface area contributed by atoms with Crippen LogP contribution < -0.4 is 16.1 Å². The molecule has 2 aromatic heterocycles. The van der Waals surface area contributed by atoms with Crippen LogP contribution in [0, 0.1) is 6.92 Å². The molecule has 3 rings (SSSR count). The number of pyridine rings is 1. The molecule has 6 heteroatoms. The molecule has 0 fully saturated rings. The van der Waals surface area contributed by atoms with Crippen LogP contribution in [0.4, 0.5) is 5.82 Å². The predicted octanol–water partition coefficient (Wildman–Crippen LogP) is 1.67. The lowest BCUT2D eigenvalue weighted by Gasteiger charge is -2.21. The summed E-state index contributed by atoms with van der Waals surface area (Å²) in [6.07, 6.45) is 0. The summed E-state index contributed by atoms with van der Waals surface area (Å²) in [6, 6.07) is 9.85. The highest BCUT2D eigenvalue weighted by Gasteiger charge is 2.20. The van der Waals surface area contributed by atoms with Gasteiger partial charge in [-0.05, 0) is 18.1 Å². The summed E-state index contributed by atoms with van der Waals surface area (Å²) in [5.41, 5.74) is 2.43. The average Bonchev–Trinajstić information content (AvgIpc) is 2.57. The Morgan fingerprint density at radius 1 is 1.00 bits per heavy atom. The van der Waals surface area contributed by atoms with Gasteiger partial charge in [0.25, 0.3) is 5.56 Å². The molecule has 0 N–H and O–H groups in total. The van der Waals surface area contributed by atoms with Crippen LogP contribution in [-0.2, 0) is 14.1 Å². The van der Waals surface area contributed by atoms with Gasteiger partial charge in [0, 0.05) is 33.8 Å². The number of aryl methyl sites for hydroxylation is 2. The minimum Gasteiger partial charge on any atom is -0.362 e. The molecular formula is C18H20N4O2. The Morgan fingerprint density at radius 2 is 1.62 bits per heavy atom. The first-order chi connectivity index (χ1) is 11.3. The molecular weight excluding hydrogens is 304 g/mol. The molecule has 3 aromatic rings. The van der Waals surface area contributed by atoms with Crippen molar-refractivity contribution in [3.8, 4) is 11.1 Å². The van der Waals surface area contributed by atoms with Gasteiger partial charge in [0.15, 0.2) is 5.65 Å². The number of hydrogen-bond donors (Lipinski definition) is 0. The quantitative estimate of drug-likeness (QED) is 0.719. The van der Waals surface area contributed by atoms with Gasteiger partial charge < -0.3 is 4.90 Å². The Labute approximate surface area is 139 Å². The molecule has 24 heavy (non-hydrogen) atoms. The van der Waals surface area contributed by atoms with E-state index < -0.39 is 0 Å². The maximum absolute atomic E-state index is 12.7. The topological polar surface area (TPSA) is 60.1 Å². The fourth-order valence-electron chi connectivity index (χ4n) is 3.02. The first kappa shape index (κ1) is 16.0. The van der Waals surface area contributed by atoms with Gasteiger partial charge in [0.1, 0.15) is 5.82 Å². The number of nitrogens with zero attached hydrogens (tertiary/aromatic N) is 4. The van der Waals surface area contributed by atoms with Crippen molar-refractivity contribution in [1.82, 2.24) is 14.1 Å². The van der Waals surface area contributed by atoms with Crippen LogP contribution in [0.2, 0.25) is 0 Å². The monoisotopic (exact) mass is 324 g/mol. The van der Waals surface area contributed by atoms with Gasteiger partial charge in [0.05, 0.1) is 5.39 Å². The van der Waals surface area contributed by atoms with E-state index in [0.717, 1.165) is 27.1 Å². The summed E-state index contributed by atoms with van der Waals surface area (Å²) in [5, 5.41) is 0.476. The van der Waals surface area contributed by atoms with Crippen LogP contribution >= 0.6 is 0 Å². The fourth-order valence-corrected chi connectivity index (χ4v) is 3.02. The van der Waals surface area contributed by atoms with E-state index >= 15 is 0 Å². The van der Waals surface area contributed by atoms with Crippen molar-refractivity contribution in [2.45, 2.75) is 6.92 Å². The maximum atomic E-state index is 12.7. The Bertz CT molecular complexity index is 1050. The normalized spacial score (nSPS) is 11.0. The number of anilines is 1. The van der Waals surface area contributed by atoms with E-state index in [9.17, 15) is 9.59 Å². The summed E-state index contributed by atoms with van der Waals surface area (Å²) in [7, 11) is 6.93. The summed E-state index contributed by atoms with van der Waals surface area (Å²) < 4.78 is 2.55. The van der Waals surface area contributed by atoms with Gasteiger partial charge in [0.2, 0.25) is 0 Å². The average molecular weight is 324 g/mol. The van der Waals surface area contributed by atoms with Gasteiger partial charge in [-0.2, -0.15) is 0 Å². The minimum atomic E-state index is -0.378. The van der Waals surface area contributed by atoms with Gasteiger partial charge >= 0.3 is 5.69 Å². The van der Waals surface area contributed by atoms with Gasteiger partial charge in [-0.15, -0.1) is 0 Å². The zero-order chi connectivity index (χ0) is 17.6. The van der Waals surface area contributed by atoms with Crippen LogP contribution in [0.25, 0.3) is 22.2 Å². The molecule has 0 radical (unpaired) electrons. The van der Waals surface area contributed by atoms with Gasteiger partial charge in [-0.25, -0.2) is 9.78 Å². The first-order valence-corrected chi connectivity index (χ1v) is 7.67. The molecule has 0 bridgehead atoms. The first-order valence-electron chi connectivity index (χ1n) is 7.67. The smallest absolute Gasteiger partial charge is 0.332 e. The third-order valence-electron chi connectivity index (χ3n) is 4.31. The fraction of sp³-hybridized carbons (Fsp3) is 0.278. The van der Waals surface area contributed by atoms with Crippen LogP contribution in [-0.4, -0.2) is 28.2 Å². The summed E-state index contributed by atoms with van der Waals surface area (Å²) in [5.74, 6) is 0.731. The molecule has 0 amide bonds. The van der Waals surface area contributed by atoms with E-state index in [0.29, 0.717) is 11.0 Å². The molecule has 6 nitrogen and oxygen atoms in total. The van der Waals surface area contributed by atoms with Crippen LogP contribution in [0.3, 0.4) is 0 Å². The largest absolute Gasteiger partial charge is 0.362 e. The van der Waals surface area contributed by atoms with Crippen molar-refractivity contribution in [2.24, 2.45) is 14.1 Å². The lowest BCUT2D eigenvalue weighted by molar-refractivity contribution is 0.707. The van der Waals surface area contributed by atoms with Crippen molar-refractivity contribution >= 4 is 16.9 Å². The third-order valence-corrected chi connectivity index (χ3v) is 4.31. The Balaban J connectivity index is 2.58. The van der Waals surface area contributed by atoms with Gasteiger partial charge in [-0.3, -0.25) is 13.9 Å². The zero-order valence-electron chi connectivity index (χ0n) is 14.5. The standard InChI is InChI=1S/C18H20N4O2/c1-11-13(12-9-7-6-8-10-12)15(20(2)3)19-16-14(11)17(23)22(5)18(24)21(16)4/h6-10H,1-5H3. The molecule has 0 unspecified atom stereocenters. The molecule has 0 saturated carbocycles. The van der Waals surface area contributed by atoms with E-state index in [1.54, 1.807) is 7.05 Å². The van der Waals surface area contributed by atoms with Crippen molar-refractivity contribution in [3.05, 3.63) is 56.7 Å². The third kappa shape index (κ3) is 2.22. The second-order valence-electron chi connectivity index (χ2n) is 6.10. The molecule has 0 atom stereocenters. The van der Waals surface area contributed by atoms with Crippen molar-refractivity contribution < 1.29 is 0 Å². The Kier molecular flexibility index (Phi) is 3.75. The zero-order valence-corrected chi connectivity index (χ0v) is 14.5. The van der Waals surface area contributed by atoms with E-state index in [2.05, 4.69) is 4.98 Å². The minimum absolute atomic E-state index is 0.319. The molecule has 0 aliphatic rings. The van der Waals surface area contributed by atoms with Crippen LogP contribution in [0.15, 0.2) is 39.9 Å². The molecule has 2 heterocycles. The maximum Gasteiger partial charge on any atom is 0.332 e. The highest BCUT2D eigenvalue weighted by atomic mass is 16.2. The molecule has 0 spiro atoms. The summed E-state index contributed by atoms with van der Waals surface area (Å²) >= 11 is 0. The second kappa shape index (κ2) is 5.63. The Morgan fingerprint density at radius 3 is 2.21 bits per heavy atom. The number of aromatic nitrogens is 3.